The van der Waals surface area contributed by atoms with E-state index in [1.165, 1.54) is 19.3 Å². The lowest BCUT2D eigenvalue weighted by Gasteiger charge is -2.23. The van der Waals surface area contributed by atoms with Crippen molar-refractivity contribution in [3.63, 3.8) is 0 Å². The van der Waals surface area contributed by atoms with E-state index in [9.17, 15) is 15.2 Å². The second-order valence-electron chi connectivity index (χ2n) is 8.37. The van der Waals surface area contributed by atoms with E-state index < -0.39 is 5.97 Å². The topological polar surface area (TPSA) is 85.6 Å². The molecule has 2 aromatic rings. The van der Waals surface area contributed by atoms with Crippen molar-refractivity contribution < 1.29 is 14.6 Å². The molecule has 3 rings (SSSR count). The normalized spacial score (nSPS) is 14.3. The van der Waals surface area contributed by atoms with Crippen molar-refractivity contribution in [1.29, 1.82) is 5.26 Å². The number of benzene rings is 2. The molecule has 1 aliphatic rings. The van der Waals surface area contributed by atoms with Crippen LogP contribution < -0.4 is 10.1 Å². The zero-order chi connectivity index (χ0) is 22.2. The largest absolute Gasteiger partial charge is 0.490 e. The molecular formula is C25H31N3O3. The van der Waals surface area contributed by atoms with E-state index in [1.54, 1.807) is 6.07 Å². The van der Waals surface area contributed by atoms with Gasteiger partial charge in [-0.3, -0.25) is 4.79 Å². The Balaban J connectivity index is 1.86. The fourth-order valence-electron chi connectivity index (χ4n) is 3.96. The molecule has 0 unspecified atom stereocenters. The summed E-state index contributed by atoms with van der Waals surface area (Å²) < 4.78 is 6.12. The molecule has 1 saturated carbocycles. The number of carbonyl (C=O) groups is 1. The highest BCUT2D eigenvalue weighted by Gasteiger charge is 2.16. The second kappa shape index (κ2) is 10.8. The molecule has 2 N–H and O–H groups in total. The fourth-order valence-corrected chi connectivity index (χ4v) is 3.96. The van der Waals surface area contributed by atoms with E-state index in [1.807, 2.05) is 49.3 Å². The predicted octanol–water partition coefficient (Wildman–Crippen LogP) is 4.54. The molecule has 0 amide bonds. The Hall–Kier alpha value is -3.04. The molecule has 0 radical (unpaired) electrons. The Morgan fingerprint density at radius 3 is 2.48 bits per heavy atom. The number of rotatable bonds is 9. The number of aliphatic carboxylic acids is 1. The van der Waals surface area contributed by atoms with Gasteiger partial charge in [-0.15, -0.1) is 0 Å². The van der Waals surface area contributed by atoms with Crippen LogP contribution in [-0.4, -0.2) is 49.3 Å². The maximum absolute atomic E-state index is 11.4. The molecule has 0 saturated heterocycles. The summed E-state index contributed by atoms with van der Waals surface area (Å²) in [5, 5.41) is 22.3. The summed E-state index contributed by atoms with van der Waals surface area (Å²) in [6, 6.07) is 13.8. The average molecular weight is 422 g/mol. The summed E-state index contributed by atoms with van der Waals surface area (Å²) in [6.45, 7) is 1.46. The van der Waals surface area contributed by atoms with E-state index in [0.29, 0.717) is 29.5 Å². The first-order chi connectivity index (χ1) is 15.0. The van der Waals surface area contributed by atoms with Crippen LogP contribution in [0.2, 0.25) is 0 Å². The summed E-state index contributed by atoms with van der Waals surface area (Å²) in [5.41, 5.74) is 3.42. The number of likely N-dealkylation sites (N-methyl/N-ethyl adjacent to an activating group) is 1. The molecule has 2 aromatic carbocycles. The van der Waals surface area contributed by atoms with Crippen LogP contribution in [0.3, 0.4) is 0 Å². The molecule has 0 heterocycles. The van der Waals surface area contributed by atoms with Crippen molar-refractivity contribution >= 4 is 11.7 Å². The molecule has 164 valence electrons. The van der Waals surface area contributed by atoms with Crippen LogP contribution in [0.5, 0.6) is 5.75 Å². The second-order valence-corrected chi connectivity index (χ2v) is 8.37. The lowest BCUT2D eigenvalue weighted by Crippen LogP contribution is -2.21. The first kappa shape index (κ1) is 22.6. The Bertz CT molecular complexity index is 926. The maximum Gasteiger partial charge on any atom is 0.307 e. The van der Waals surface area contributed by atoms with Gasteiger partial charge in [-0.1, -0.05) is 18.6 Å². The lowest BCUT2D eigenvalue weighted by atomic mass is 9.95. The highest BCUT2D eigenvalue weighted by Crippen LogP contribution is 2.31. The van der Waals surface area contributed by atoms with Gasteiger partial charge in [-0.25, -0.2) is 0 Å². The molecule has 31 heavy (non-hydrogen) atoms. The van der Waals surface area contributed by atoms with Crippen molar-refractivity contribution in [3.05, 3.63) is 47.5 Å². The number of nitrogens with zero attached hydrogens (tertiary/aromatic N) is 2. The van der Waals surface area contributed by atoms with E-state index in [0.717, 1.165) is 36.3 Å². The third-order valence-electron chi connectivity index (χ3n) is 5.59. The van der Waals surface area contributed by atoms with Crippen molar-refractivity contribution in [2.75, 3.05) is 32.5 Å². The molecular weight excluding hydrogens is 390 g/mol. The zero-order valence-corrected chi connectivity index (χ0v) is 18.4. The quantitative estimate of drug-likeness (QED) is 0.618. The minimum absolute atomic E-state index is 0.192. The van der Waals surface area contributed by atoms with Gasteiger partial charge in [0, 0.05) is 13.1 Å². The Morgan fingerprint density at radius 2 is 1.87 bits per heavy atom. The van der Waals surface area contributed by atoms with Crippen LogP contribution in [-0.2, 0) is 11.2 Å². The Labute approximate surface area is 184 Å². The monoisotopic (exact) mass is 421 g/mol. The Morgan fingerprint density at radius 1 is 1.16 bits per heavy atom. The van der Waals surface area contributed by atoms with Crippen molar-refractivity contribution in [1.82, 2.24) is 4.90 Å². The van der Waals surface area contributed by atoms with E-state index in [2.05, 4.69) is 11.4 Å². The molecule has 0 bridgehead atoms. The summed E-state index contributed by atoms with van der Waals surface area (Å²) in [4.78, 5) is 13.4. The third kappa shape index (κ3) is 6.47. The number of nitriles is 1. The van der Waals surface area contributed by atoms with Gasteiger partial charge < -0.3 is 20.1 Å². The highest BCUT2D eigenvalue weighted by molar-refractivity contribution is 5.79. The third-order valence-corrected chi connectivity index (χ3v) is 5.59. The van der Waals surface area contributed by atoms with Crippen LogP contribution in [0.25, 0.3) is 11.1 Å². The van der Waals surface area contributed by atoms with Gasteiger partial charge in [-0.05, 0) is 80.7 Å². The summed E-state index contributed by atoms with van der Waals surface area (Å²) in [7, 11) is 3.96. The van der Waals surface area contributed by atoms with Gasteiger partial charge in [0.05, 0.1) is 23.8 Å². The van der Waals surface area contributed by atoms with Crippen LogP contribution in [0.4, 0.5) is 5.69 Å². The molecule has 1 aliphatic carbocycles. The van der Waals surface area contributed by atoms with Crippen LogP contribution in [0, 0.1) is 11.3 Å². The van der Waals surface area contributed by atoms with Crippen LogP contribution in [0.1, 0.15) is 43.2 Å². The van der Waals surface area contributed by atoms with E-state index >= 15 is 0 Å². The van der Waals surface area contributed by atoms with Crippen molar-refractivity contribution in [2.24, 2.45) is 0 Å². The molecule has 1 fully saturated rings. The SMILES string of the molecule is CN(C)CCNc1cc(-c2ccc(OC3CCCCC3)cc2)cc(CC(=O)O)c1C#N. The van der Waals surface area contributed by atoms with Crippen LogP contribution in [0.15, 0.2) is 36.4 Å². The van der Waals surface area contributed by atoms with Gasteiger partial charge in [0.15, 0.2) is 0 Å². The Kier molecular flexibility index (Phi) is 7.91. The number of hydrogen-bond donors (Lipinski definition) is 2. The molecule has 0 aromatic heterocycles. The number of carboxylic acids is 1. The standard InChI is InChI=1S/C25H31N3O3/c1-28(2)13-12-27-24-15-19(14-20(16-25(29)30)23(24)17-26)18-8-10-22(11-9-18)31-21-6-4-3-5-7-21/h8-11,14-15,21,27H,3-7,12-13,16H2,1-2H3,(H,29,30). The van der Waals surface area contributed by atoms with Crippen molar-refractivity contribution in [3.8, 4) is 22.9 Å². The molecule has 0 spiro atoms. The minimum Gasteiger partial charge on any atom is -0.490 e. The number of carboxylic acid groups (broad SMARTS) is 1. The first-order valence-corrected chi connectivity index (χ1v) is 10.9. The molecule has 6 heteroatoms. The maximum atomic E-state index is 11.4. The fraction of sp³-hybridized carbons (Fsp3) is 0.440. The van der Waals surface area contributed by atoms with Gasteiger partial charge in [-0.2, -0.15) is 5.26 Å². The summed E-state index contributed by atoms with van der Waals surface area (Å²) in [5.74, 6) is -0.0940. The van der Waals surface area contributed by atoms with E-state index in [4.69, 9.17) is 4.74 Å². The number of anilines is 1. The minimum atomic E-state index is -0.955. The van der Waals surface area contributed by atoms with Crippen molar-refractivity contribution in [2.45, 2.75) is 44.6 Å². The van der Waals surface area contributed by atoms with Gasteiger partial charge in [0.1, 0.15) is 11.8 Å². The van der Waals surface area contributed by atoms with E-state index in [-0.39, 0.29) is 6.42 Å². The van der Waals surface area contributed by atoms with Gasteiger partial charge >= 0.3 is 5.97 Å². The van der Waals surface area contributed by atoms with Gasteiger partial charge in [0.25, 0.3) is 0 Å². The average Bonchev–Trinajstić information content (AvgIpc) is 2.74. The highest BCUT2D eigenvalue weighted by atomic mass is 16.5. The molecule has 6 nitrogen and oxygen atoms in total. The number of nitrogens with one attached hydrogen (secondary N) is 1. The molecule has 0 atom stereocenters. The lowest BCUT2D eigenvalue weighted by molar-refractivity contribution is -0.136. The molecule has 0 aliphatic heterocycles. The van der Waals surface area contributed by atoms with Crippen LogP contribution >= 0.6 is 0 Å². The number of ether oxygens (including phenoxy) is 1. The first-order valence-electron chi connectivity index (χ1n) is 10.9. The number of hydrogen-bond acceptors (Lipinski definition) is 5. The zero-order valence-electron chi connectivity index (χ0n) is 18.4. The predicted molar refractivity (Wildman–Crippen MR) is 122 cm³/mol. The van der Waals surface area contributed by atoms with Gasteiger partial charge in [0.2, 0.25) is 0 Å². The smallest absolute Gasteiger partial charge is 0.307 e. The summed E-state index contributed by atoms with van der Waals surface area (Å²) in [6.07, 6.45) is 6.07. The summed E-state index contributed by atoms with van der Waals surface area (Å²) >= 11 is 0.